The van der Waals surface area contributed by atoms with Gasteiger partial charge in [0.1, 0.15) is 0 Å². The van der Waals surface area contributed by atoms with E-state index in [2.05, 4.69) is 15.7 Å². The molecule has 1 aliphatic rings. The van der Waals surface area contributed by atoms with Gasteiger partial charge < -0.3 is 0 Å². The smallest absolute Gasteiger partial charge is 0.269 e. The second-order valence-corrected chi connectivity index (χ2v) is 7.50. The molecule has 7 nitrogen and oxygen atoms in total. The lowest BCUT2D eigenvalue weighted by molar-refractivity contribution is -0.384. The summed E-state index contributed by atoms with van der Waals surface area (Å²) >= 11 is 0. The molecule has 23 heavy (non-hydrogen) atoms. The maximum absolute atomic E-state index is 12.3. The van der Waals surface area contributed by atoms with Crippen LogP contribution in [0.4, 0.5) is 5.69 Å². The molecule has 2 rings (SSSR count). The SMILES string of the molecule is C#CCN1CCN(CCS(=O)(=O)c2ccc([N+](=O)[O-])cc2)CC1. The van der Waals surface area contributed by atoms with Crippen molar-refractivity contribution in [2.45, 2.75) is 4.90 Å². The fraction of sp³-hybridized carbons (Fsp3) is 0.467. The second kappa shape index (κ2) is 7.55. The molecule has 1 fully saturated rings. The number of nitro groups is 1. The van der Waals surface area contributed by atoms with E-state index in [-0.39, 0.29) is 16.3 Å². The third kappa shape index (κ3) is 4.76. The van der Waals surface area contributed by atoms with Crippen LogP contribution in [0.25, 0.3) is 0 Å². The highest BCUT2D eigenvalue weighted by Gasteiger charge is 2.20. The molecule has 0 N–H and O–H groups in total. The molecule has 1 saturated heterocycles. The van der Waals surface area contributed by atoms with E-state index < -0.39 is 14.8 Å². The van der Waals surface area contributed by atoms with E-state index in [1.165, 1.54) is 24.3 Å². The van der Waals surface area contributed by atoms with Crippen molar-refractivity contribution in [3.8, 4) is 12.3 Å². The summed E-state index contributed by atoms with van der Waals surface area (Å²) in [5.41, 5.74) is -0.117. The summed E-state index contributed by atoms with van der Waals surface area (Å²) in [5.74, 6) is 2.61. The monoisotopic (exact) mass is 337 g/mol. The van der Waals surface area contributed by atoms with Crippen LogP contribution in [0.2, 0.25) is 0 Å². The molecule has 0 atom stereocenters. The molecule has 124 valence electrons. The second-order valence-electron chi connectivity index (χ2n) is 5.39. The Morgan fingerprint density at radius 1 is 1.13 bits per heavy atom. The minimum atomic E-state index is -3.44. The Morgan fingerprint density at radius 2 is 1.70 bits per heavy atom. The van der Waals surface area contributed by atoms with Crippen LogP contribution in [-0.4, -0.2) is 68.2 Å². The molecule has 0 aromatic heterocycles. The van der Waals surface area contributed by atoms with E-state index in [0.29, 0.717) is 13.1 Å². The number of nitro benzene ring substituents is 1. The lowest BCUT2D eigenvalue weighted by Gasteiger charge is -2.33. The standard InChI is InChI=1S/C15H19N3O4S/c1-2-7-16-8-10-17(11-9-16)12-13-23(21,22)15-5-3-14(4-6-15)18(19)20/h1,3-6H,7-13H2. The molecule has 1 heterocycles. The van der Waals surface area contributed by atoms with Crippen molar-refractivity contribution in [1.29, 1.82) is 0 Å². The van der Waals surface area contributed by atoms with Crippen molar-refractivity contribution in [3.63, 3.8) is 0 Å². The van der Waals surface area contributed by atoms with Crippen molar-refractivity contribution in [3.05, 3.63) is 34.4 Å². The van der Waals surface area contributed by atoms with Crippen LogP contribution in [0.5, 0.6) is 0 Å². The molecule has 0 aliphatic carbocycles. The molecule has 1 aromatic carbocycles. The van der Waals surface area contributed by atoms with Gasteiger partial charge in [-0.1, -0.05) is 5.92 Å². The van der Waals surface area contributed by atoms with E-state index in [9.17, 15) is 18.5 Å². The molecule has 0 amide bonds. The molecule has 0 spiro atoms. The molecule has 1 aliphatic heterocycles. The summed E-state index contributed by atoms with van der Waals surface area (Å²) < 4.78 is 24.6. The van der Waals surface area contributed by atoms with Gasteiger partial charge in [-0.3, -0.25) is 19.9 Å². The first kappa shape index (κ1) is 17.4. The van der Waals surface area contributed by atoms with Crippen LogP contribution >= 0.6 is 0 Å². The third-order valence-electron chi connectivity index (χ3n) is 3.86. The third-order valence-corrected chi connectivity index (χ3v) is 5.57. The zero-order valence-electron chi connectivity index (χ0n) is 12.7. The lowest BCUT2D eigenvalue weighted by atomic mass is 10.3. The molecule has 0 unspecified atom stereocenters. The number of hydrogen-bond acceptors (Lipinski definition) is 6. The van der Waals surface area contributed by atoms with Gasteiger partial charge in [-0.05, 0) is 12.1 Å². The fourth-order valence-electron chi connectivity index (χ4n) is 2.44. The lowest BCUT2D eigenvalue weighted by Crippen LogP contribution is -2.47. The van der Waals surface area contributed by atoms with Gasteiger partial charge in [-0.15, -0.1) is 6.42 Å². The van der Waals surface area contributed by atoms with Crippen molar-refractivity contribution in [2.75, 3.05) is 45.0 Å². The fourth-order valence-corrected chi connectivity index (χ4v) is 3.73. The van der Waals surface area contributed by atoms with Gasteiger partial charge in [0.05, 0.1) is 22.1 Å². The van der Waals surface area contributed by atoms with Gasteiger partial charge in [0.2, 0.25) is 0 Å². The molecule has 1 aromatic rings. The summed E-state index contributed by atoms with van der Waals surface area (Å²) in [6, 6.07) is 5.01. The van der Waals surface area contributed by atoms with E-state index in [1.807, 2.05) is 0 Å². The van der Waals surface area contributed by atoms with Crippen LogP contribution < -0.4 is 0 Å². The van der Waals surface area contributed by atoms with Crippen LogP contribution in [0.15, 0.2) is 29.2 Å². The largest absolute Gasteiger partial charge is 0.300 e. The maximum Gasteiger partial charge on any atom is 0.269 e. The van der Waals surface area contributed by atoms with Crippen LogP contribution in [0, 0.1) is 22.5 Å². The number of hydrogen-bond donors (Lipinski definition) is 0. The van der Waals surface area contributed by atoms with E-state index in [1.54, 1.807) is 0 Å². The number of sulfone groups is 1. The first-order valence-corrected chi connectivity index (χ1v) is 8.93. The summed E-state index contributed by atoms with van der Waals surface area (Å²) in [6.07, 6.45) is 5.28. The minimum Gasteiger partial charge on any atom is -0.300 e. The maximum atomic E-state index is 12.3. The summed E-state index contributed by atoms with van der Waals surface area (Å²) in [6.45, 7) is 4.32. The van der Waals surface area contributed by atoms with Gasteiger partial charge in [0.25, 0.3) is 5.69 Å². The summed E-state index contributed by atoms with van der Waals surface area (Å²) in [4.78, 5) is 14.4. The molecule has 0 saturated carbocycles. The van der Waals surface area contributed by atoms with Gasteiger partial charge in [-0.25, -0.2) is 8.42 Å². The van der Waals surface area contributed by atoms with Crippen molar-refractivity contribution >= 4 is 15.5 Å². The van der Waals surface area contributed by atoms with Crippen LogP contribution in [-0.2, 0) is 9.84 Å². The van der Waals surface area contributed by atoms with Crippen LogP contribution in [0.3, 0.4) is 0 Å². The van der Waals surface area contributed by atoms with Gasteiger partial charge in [0.15, 0.2) is 9.84 Å². The molecular formula is C15H19N3O4S. The first-order chi connectivity index (χ1) is 10.9. The van der Waals surface area contributed by atoms with Gasteiger partial charge in [-0.2, -0.15) is 0 Å². The van der Waals surface area contributed by atoms with Gasteiger partial charge in [0, 0.05) is 44.9 Å². The topological polar surface area (TPSA) is 83.8 Å². The minimum absolute atomic E-state index is 0.0000498. The predicted molar refractivity (Wildman–Crippen MR) is 86.9 cm³/mol. The number of benzene rings is 1. The Hall–Kier alpha value is -1.95. The van der Waals surface area contributed by atoms with Gasteiger partial charge >= 0.3 is 0 Å². The van der Waals surface area contributed by atoms with Crippen LogP contribution in [0.1, 0.15) is 0 Å². The summed E-state index contributed by atoms with van der Waals surface area (Å²) in [7, 11) is -3.44. The quantitative estimate of drug-likeness (QED) is 0.430. The zero-order chi connectivity index (χ0) is 16.9. The van der Waals surface area contributed by atoms with Crippen molar-refractivity contribution in [2.24, 2.45) is 0 Å². The Kier molecular flexibility index (Phi) is 5.71. The first-order valence-electron chi connectivity index (χ1n) is 7.28. The number of terminal acetylenes is 1. The Morgan fingerprint density at radius 3 is 2.22 bits per heavy atom. The normalized spacial score (nSPS) is 16.8. The number of rotatable bonds is 6. The van der Waals surface area contributed by atoms with E-state index in [0.717, 1.165) is 26.2 Å². The average Bonchev–Trinajstić information content (AvgIpc) is 2.55. The Labute approximate surface area is 136 Å². The highest BCUT2D eigenvalue weighted by molar-refractivity contribution is 7.91. The average molecular weight is 337 g/mol. The molecule has 0 bridgehead atoms. The highest BCUT2D eigenvalue weighted by atomic mass is 32.2. The number of nitrogens with zero attached hydrogens (tertiary/aromatic N) is 3. The molecule has 8 heteroatoms. The molecule has 0 radical (unpaired) electrons. The Bertz CT molecular complexity index is 686. The number of non-ortho nitro benzene ring substituents is 1. The number of piperazine rings is 1. The van der Waals surface area contributed by atoms with E-state index >= 15 is 0 Å². The Balaban J connectivity index is 1.89. The zero-order valence-corrected chi connectivity index (χ0v) is 13.5. The summed E-state index contributed by atoms with van der Waals surface area (Å²) in [5, 5.41) is 10.6. The predicted octanol–water partition coefficient (Wildman–Crippen LogP) is 0.619. The highest BCUT2D eigenvalue weighted by Crippen LogP contribution is 2.17. The van der Waals surface area contributed by atoms with Crippen molar-refractivity contribution < 1.29 is 13.3 Å². The van der Waals surface area contributed by atoms with E-state index in [4.69, 9.17) is 6.42 Å². The van der Waals surface area contributed by atoms with Crippen molar-refractivity contribution in [1.82, 2.24) is 9.80 Å². The molecular weight excluding hydrogens is 318 g/mol.